The molecule has 6 nitrogen and oxygen atoms in total. The molecule has 0 atom stereocenters. The Hall–Kier alpha value is -1.38. The third-order valence-corrected chi connectivity index (χ3v) is 5.42. The van der Waals surface area contributed by atoms with E-state index in [1.807, 2.05) is 6.92 Å². The predicted molar refractivity (Wildman–Crippen MR) is 81.6 cm³/mol. The molecule has 0 bridgehead atoms. The minimum atomic E-state index is -3.88. The van der Waals surface area contributed by atoms with Crippen LogP contribution in [0.1, 0.15) is 22.6 Å². The Bertz CT molecular complexity index is 784. The second-order valence-corrected chi connectivity index (χ2v) is 7.08. The molecule has 21 heavy (non-hydrogen) atoms. The predicted octanol–water partition coefficient (Wildman–Crippen LogP) is 2.66. The van der Waals surface area contributed by atoms with Gasteiger partial charge in [-0.05, 0) is 48.3 Å². The highest BCUT2D eigenvalue weighted by molar-refractivity contribution is 9.10. The van der Waals surface area contributed by atoms with Crippen LogP contribution in [-0.4, -0.2) is 18.5 Å². The smallest absolute Gasteiger partial charge is 0.266 e. The number of aliphatic hydroxyl groups is 1. The lowest BCUT2D eigenvalue weighted by Crippen LogP contribution is -2.16. The van der Waals surface area contributed by atoms with Crippen LogP contribution in [0.3, 0.4) is 0 Å². The molecule has 0 aromatic carbocycles. The summed E-state index contributed by atoms with van der Waals surface area (Å²) in [5.74, 6) is 0.825. The molecule has 0 amide bonds. The molecule has 8 heteroatoms. The maximum Gasteiger partial charge on any atom is 0.266 e. The number of aromatic nitrogens is 1. The molecule has 2 heterocycles. The zero-order chi connectivity index (χ0) is 15.8. The Morgan fingerprint density at radius 2 is 2.00 bits per heavy atom. The number of hydrogen-bond acceptors (Lipinski definition) is 5. The van der Waals surface area contributed by atoms with Crippen LogP contribution < -0.4 is 4.72 Å². The van der Waals surface area contributed by atoms with Gasteiger partial charge in [-0.15, -0.1) is 0 Å². The maximum absolute atomic E-state index is 12.5. The Morgan fingerprint density at radius 3 is 2.57 bits per heavy atom. The SMILES string of the molecule is Cc1cc(NS(=O)(=O)c2c(C)oc(C)c2CO)ncc1Br. The van der Waals surface area contributed by atoms with Crippen LogP contribution >= 0.6 is 15.9 Å². The number of anilines is 1. The number of aryl methyl sites for hydroxylation is 3. The molecular weight excluding hydrogens is 360 g/mol. The molecule has 2 aromatic rings. The second kappa shape index (κ2) is 5.78. The van der Waals surface area contributed by atoms with Crippen molar-refractivity contribution in [2.75, 3.05) is 4.72 Å². The number of aliphatic hydroxyl groups excluding tert-OH is 1. The van der Waals surface area contributed by atoms with Crippen molar-refractivity contribution in [3.8, 4) is 0 Å². The molecule has 0 aliphatic rings. The number of sulfonamides is 1. The van der Waals surface area contributed by atoms with Crippen LogP contribution in [0, 0.1) is 20.8 Å². The summed E-state index contributed by atoms with van der Waals surface area (Å²) in [5, 5.41) is 9.35. The summed E-state index contributed by atoms with van der Waals surface area (Å²) in [6.45, 7) is 4.57. The Balaban J connectivity index is 2.45. The van der Waals surface area contributed by atoms with E-state index in [1.165, 1.54) is 6.20 Å². The quantitative estimate of drug-likeness (QED) is 0.857. The van der Waals surface area contributed by atoms with Gasteiger partial charge in [-0.1, -0.05) is 0 Å². The number of halogens is 1. The van der Waals surface area contributed by atoms with E-state index in [1.54, 1.807) is 19.9 Å². The van der Waals surface area contributed by atoms with E-state index in [0.29, 0.717) is 5.76 Å². The zero-order valence-corrected chi connectivity index (χ0v) is 14.2. The van der Waals surface area contributed by atoms with E-state index in [-0.39, 0.29) is 22.0 Å². The van der Waals surface area contributed by atoms with Crippen LogP contribution in [0.2, 0.25) is 0 Å². The molecule has 2 aromatic heterocycles. The Labute approximate surface area is 131 Å². The van der Waals surface area contributed by atoms with Gasteiger partial charge in [-0.2, -0.15) is 0 Å². The third kappa shape index (κ3) is 3.12. The van der Waals surface area contributed by atoms with Crippen molar-refractivity contribution in [3.05, 3.63) is 39.4 Å². The molecule has 2 N–H and O–H groups in total. The third-order valence-electron chi connectivity index (χ3n) is 3.04. The summed E-state index contributed by atoms with van der Waals surface area (Å²) in [6.07, 6.45) is 1.52. The molecule has 0 radical (unpaired) electrons. The fraction of sp³-hybridized carbons (Fsp3) is 0.308. The van der Waals surface area contributed by atoms with Crippen molar-refractivity contribution in [3.63, 3.8) is 0 Å². The van der Waals surface area contributed by atoms with Crippen molar-refractivity contribution >= 4 is 31.8 Å². The van der Waals surface area contributed by atoms with Gasteiger partial charge in [0.2, 0.25) is 0 Å². The first-order chi connectivity index (χ1) is 9.76. The first-order valence-electron chi connectivity index (χ1n) is 6.11. The second-order valence-electron chi connectivity index (χ2n) is 4.60. The zero-order valence-electron chi connectivity index (χ0n) is 11.8. The van der Waals surface area contributed by atoms with E-state index in [4.69, 9.17) is 4.42 Å². The van der Waals surface area contributed by atoms with Gasteiger partial charge in [0.05, 0.1) is 6.61 Å². The minimum Gasteiger partial charge on any atom is -0.465 e. The summed E-state index contributed by atoms with van der Waals surface area (Å²) < 4.78 is 33.4. The summed E-state index contributed by atoms with van der Waals surface area (Å²) in [6, 6.07) is 1.61. The molecular formula is C13H15BrN2O4S. The van der Waals surface area contributed by atoms with Crippen LogP contribution in [0.5, 0.6) is 0 Å². The number of furan rings is 1. The summed E-state index contributed by atoms with van der Waals surface area (Å²) in [5.41, 5.74) is 1.11. The molecule has 2 rings (SSSR count). The van der Waals surface area contributed by atoms with Crippen molar-refractivity contribution in [1.29, 1.82) is 0 Å². The highest BCUT2D eigenvalue weighted by atomic mass is 79.9. The standard InChI is InChI=1S/C13H15BrN2O4S/c1-7-4-12(15-5-11(7)14)16-21(18,19)13-9(3)20-8(2)10(13)6-17/h4-5,17H,6H2,1-3H3,(H,15,16). The fourth-order valence-electron chi connectivity index (χ4n) is 2.03. The molecule has 0 aliphatic carbocycles. The van der Waals surface area contributed by atoms with Crippen LogP contribution in [0.15, 0.2) is 26.0 Å². The number of rotatable bonds is 4. The summed E-state index contributed by atoms with van der Waals surface area (Å²) in [4.78, 5) is 3.97. The molecule has 0 spiro atoms. The van der Waals surface area contributed by atoms with Gasteiger partial charge in [0.1, 0.15) is 22.2 Å². The van der Waals surface area contributed by atoms with E-state index in [9.17, 15) is 13.5 Å². The van der Waals surface area contributed by atoms with E-state index < -0.39 is 16.6 Å². The van der Waals surface area contributed by atoms with Crippen molar-refractivity contribution in [2.45, 2.75) is 32.3 Å². The first-order valence-corrected chi connectivity index (χ1v) is 8.38. The molecule has 0 unspecified atom stereocenters. The van der Waals surface area contributed by atoms with Crippen molar-refractivity contribution < 1.29 is 17.9 Å². The first kappa shape index (κ1) is 16.0. The Morgan fingerprint density at radius 1 is 1.33 bits per heavy atom. The molecule has 114 valence electrons. The minimum absolute atomic E-state index is 0.0372. The molecule has 0 saturated carbocycles. The van der Waals surface area contributed by atoms with Crippen LogP contribution in [0.25, 0.3) is 0 Å². The number of hydrogen-bond donors (Lipinski definition) is 2. The lowest BCUT2D eigenvalue weighted by atomic mass is 10.2. The van der Waals surface area contributed by atoms with Gasteiger partial charge in [0.25, 0.3) is 10.0 Å². The van der Waals surface area contributed by atoms with Gasteiger partial charge in [0, 0.05) is 16.2 Å². The van der Waals surface area contributed by atoms with Gasteiger partial charge < -0.3 is 9.52 Å². The van der Waals surface area contributed by atoms with E-state index >= 15 is 0 Å². The lowest BCUT2D eigenvalue weighted by Gasteiger charge is -2.09. The van der Waals surface area contributed by atoms with Crippen LogP contribution in [-0.2, 0) is 16.6 Å². The number of nitrogens with zero attached hydrogens (tertiary/aromatic N) is 1. The molecule has 0 saturated heterocycles. The highest BCUT2D eigenvalue weighted by Crippen LogP contribution is 2.28. The summed E-state index contributed by atoms with van der Waals surface area (Å²) >= 11 is 3.30. The Kier molecular flexibility index (Phi) is 4.40. The van der Waals surface area contributed by atoms with E-state index in [0.717, 1.165) is 10.0 Å². The number of pyridine rings is 1. The van der Waals surface area contributed by atoms with Gasteiger partial charge in [-0.3, -0.25) is 4.72 Å². The monoisotopic (exact) mass is 374 g/mol. The van der Waals surface area contributed by atoms with E-state index in [2.05, 4.69) is 25.6 Å². The highest BCUT2D eigenvalue weighted by Gasteiger charge is 2.27. The fourth-order valence-corrected chi connectivity index (χ4v) is 3.69. The average Bonchev–Trinajstić information content (AvgIpc) is 2.68. The molecule has 0 fully saturated rings. The van der Waals surface area contributed by atoms with Gasteiger partial charge >= 0.3 is 0 Å². The van der Waals surface area contributed by atoms with Gasteiger partial charge in [-0.25, -0.2) is 13.4 Å². The average molecular weight is 375 g/mol. The molecule has 0 aliphatic heterocycles. The topological polar surface area (TPSA) is 92.4 Å². The maximum atomic E-state index is 12.5. The van der Waals surface area contributed by atoms with Crippen molar-refractivity contribution in [2.24, 2.45) is 0 Å². The lowest BCUT2D eigenvalue weighted by molar-refractivity contribution is 0.276. The van der Waals surface area contributed by atoms with Crippen molar-refractivity contribution in [1.82, 2.24) is 4.98 Å². The normalized spacial score (nSPS) is 11.7. The summed E-state index contributed by atoms with van der Waals surface area (Å²) in [7, 11) is -3.88. The van der Waals surface area contributed by atoms with Crippen LogP contribution in [0.4, 0.5) is 5.82 Å². The number of nitrogens with one attached hydrogen (secondary N) is 1. The van der Waals surface area contributed by atoms with Gasteiger partial charge in [0.15, 0.2) is 0 Å². The largest absolute Gasteiger partial charge is 0.465 e.